The van der Waals surface area contributed by atoms with Gasteiger partial charge in [-0.25, -0.2) is 14.8 Å². The van der Waals surface area contributed by atoms with Gasteiger partial charge in [0.2, 0.25) is 0 Å². The Morgan fingerprint density at radius 1 is 1.15 bits per heavy atom. The summed E-state index contributed by atoms with van der Waals surface area (Å²) in [6.07, 6.45) is 5.51. The Bertz CT molecular complexity index is 1140. The molecule has 0 saturated carbocycles. The fraction of sp³-hybridized carbons (Fsp3) is 0.320. The van der Waals surface area contributed by atoms with Crippen LogP contribution in [0.3, 0.4) is 0 Å². The number of hydrogen-bond donors (Lipinski definition) is 0. The van der Waals surface area contributed by atoms with Gasteiger partial charge in [-0.3, -0.25) is 9.78 Å². The summed E-state index contributed by atoms with van der Waals surface area (Å²) in [6.45, 7) is 3.29. The molecule has 0 aliphatic carbocycles. The Kier molecular flexibility index (Phi) is 7.34. The predicted octanol–water partition coefficient (Wildman–Crippen LogP) is 4.28. The van der Waals surface area contributed by atoms with Crippen molar-refractivity contribution in [1.82, 2.24) is 19.9 Å². The predicted molar refractivity (Wildman–Crippen MR) is 126 cm³/mol. The molecule has 33 heavy (non-hydrogen) atoms. The molecule has 1 aliphatic heterocycles. The van der Waals surface area contributed by atoms with Gasteiger partial charge in [-0.1, -0.05) is 23.9 Å². The Morgan fingerprint density at radius 2 is 2.00 bits per heavy atom. The summed E-state index contributed by atoms with van der Waals surface area (Å²) in [7, 11) is 1.33. The van der Waals surface area contributed by atoms with Crippen molar-refractivity contribution < 1.29 is 14.3 Å². The standard InChI is InChI=1S/C25H26N4O3S/c1-17-14-27-25(33-16-21-10-3-4-11-26-21)28-22(17)20-9-6-12-29(15-20)23(30)18-7-5-8-19(13-18)24(31)32-2/h3-5,7-8,10-11,13-14,20H,6,9,12,15-16H2,1-2H3/t20-/m0/s1. The molecule has 7 nitrogen and oxygen atoms in total. The molecule has 1 atom stereocenters. The van der Waals surface area contributed by atoms with Crippen molar-refractivity contribution in [3.8, 4) is 0 Å². The number of amides is 1. The second-order valence-corrected chi connectivity index (χ2v) is 8.94. The topological polar surface area (TPSA) is 85.3 Å². The lowest BCUT2D eigenvalue weighted by atomic mass is 9.92. The van der Waals surface area contributed by atoms with Crippen molar-refractivity contribution in [3.05, 3.63) is 82.9 Å². The number of ether oxygens (including phenoxy) is 1. The van der Waals surface area contributed by atoms with E-state index >= 15 is 0 Å². The number of methoxy groups -OCH3 is 1. The molecule has 2 aromatic heterocycles. The first-order chi connectivity index (χ1) is 16.0. The van der Waals surface area contributed by atoms with Crippen molar-refractivity contribution in [2.24, 2.45) is 0 Å². The number of likely N-dealkylation sites (tertiary alicyclic amines) is 1. The summed E-state index contributed by atoms with van der Waals surface area (Å²) < 4.78 is 4.78. The third kappa shape index (κ3) is 5.57. The van der Waals surface area contributed by atoms with Gasteiger partial charge in [-0.05, 0) is 55.7 Å². The monoisotopic (exact) mass is 462 g/mol. The number of carbonyl (C=O) groups is 2. The summed E-state index contributed by atoms with van der Waals surface area (Å²) in [4.78, 5) is 40.6. The molecule has 0 N–H and O–H groups in total. The maximum Gasteiger partial charge on any atom is 0.337 e. The van der Waals surface area contributed by atoms with E-state index in [-0.39, 0.29) is 11.8 Å². The van der Waals surface area contributed by atoms with E-state index < -0.39 is 5.97 Å². The lowest BCUT2D eigenvalue weighted by Gasteiger charge is -2.33. The molecule has 3 heterocycles. The molecule has 170 valence electrons. The van der Waals surface area contributed by atoms with E-state index in [4.69, 9.17) is 9.72 Å². The highest BCUT2D eigenvalue weighted by Gasteiger charge is 2.28. The number of piperidine rings is 1. The molecule has 0 spiro atoms. The van der Waals surface area contributed by atoms with Crippen LogP contribution in [0.15, 0.2) is 60.0 Å². The Balaban J connectivity index is 1.48. The number of benzene rings is 1. The highest BCUT2D eigenvalue weighted by molar-refractivity contribution is 7.98. The molecule has 0 radical (unpaired) electrons. The molecule has 1 amide bonds. The van der Waals surface area contributed by atoms with Gasteiger partial charge in [-0.15, -0.1) is 0 Å². The molecule has 4 rings (SSSR count). The van der Waals surface area contributed by atoms with E-state index in [1.54, 1.807) is 42.2 Å². The summed E-state index contributed by atoms with van der Waals surface area (Å²) in [5, 5.41) is 0.718. The lowest BCUT2D eigenvalue weighted by Crippen LogP contribution is -2.39. The summed E-state index contributed by atoms with van der Waals surface area (Å²) >= 11 is 1.56. The number of hydrogen-bond acceptors (Lipinski definition) is 7. The zero-order valence-corrected chi connectivity index (χ0v) is 19.5. The highest BCUT2D eigenvalue weighted by atomic mass is 32.2. The van der Waals surface area contributed by atoms with Gasteiger partial charge >= 0.3 is 5.97 Å². The third-order valence-electron chi connectivity index (χ3n) is 5.69. The van der Waals surface area contributed by atoms with Crippen molar-refractivity contribution in [1.29, 1.82) is 0 Å². The fourth-order valence-corrected chi connectivity index (χ4v) is 4.75. The van der Waals surface area contributed by atoms with Gasteiger partial charge in [0.25, 0.3) is 5.91 Å². The van der Waals surface area contributed by atoms with Crippen LogP contribution < -0.4 is 0 Å². The third-order valence-corrected chi connectivity index (χ3v) is 6.58. The van der Waals surface area contributed by atoms with Gasteiger partial charge in [0.05, 0.1) is 24.1 Å². The Hall–Kier alpha value is -3.26. The number of thioether (sulfide) groups is 1. The molecule has 3 aromatic rings. The number of carbonyl (C=O) groups excluding carboxylic acids is 2. The van der Waals surface area contributed by atoms with Gasteiger partial charge in [0, 0.05) is 42.7 Å². The van der Waals surface area contributed by atoms with Crippen LogP contribution in [0.4, 0.5) is 0 Å². The van der Waals surface area contributed by atoms with Crippen molar-refractivity contribution in [2.45, 2.75) is 36.6 Å². The maximum atomic E-state index is 13.2. The zero-order valence-electron chi connectivity index (χ0n) is 18.7. The van der Waals surface area contributed by atoms with E-state index in [9.17, 15) is 9.59 Å². The van der Waals surface area contributed by atoms with Crippen molar-refractivity contribution >= 4 is 23.6 Å². The molecular formula is C25H26N4O3S. The molecule has 1 aromatic carbocycles. The lowest BCUT2D eigenvalue weighted by molar-refractivity contribution is 0.0600. The minimum atomic E-state index is -0.450. The number of nitrogens with zero attached hydrogens (tertiary/aromatic N) is 4. The minimum Gasteiger partial charge on any atom is -0.465 e. The summed E-state index contributed by atoms with van der Waals surface area (Å²) in [5.74, 6) is 0.314. The molecule has 0 bridgehead atoms. The molecule has 0 unspecified atom stereocenters. The van der Waals surface area contributed by atoms with Crippen LogP contribution >= 0.6 is 11.8 Å². The van der Waals surface area contributed by atoms with Crippen molar-refractivity contribution in [3.63, 3.8) is 0 Å². The van der Waals surface area contributed by atoms with E-state index in [0.29, 0.717) is 30.0 Å². The Labute approximate surface area is 197 Å². The number of aromatic nitrogens is 3. The number of esters is 1. The van der Waals surface area contributed by atoms with Crippen molar-refractivity contribution in [2.75, 3.05) is 20.2 Å². The highest BCUT2D eigenvalue weighted by Crippen LogP contribution is 2.30. The van der Waals surface area contributed by atoms with Crippen LogP contribution in [0.25, 0.3) is 0 Å². The second kappa shape index (κ2) is 10.6. The summed E-state index contributed by atoms with van der Waals surface area (Å²) in [5.41, 5.74) is 3.87. The van der Waals surface area contributed by atoms with Crippen LogP contribution in [-0.4, -0.2) is 51.9 Å². The van der Waals surface area contributed by atoms with Gasteiger partial charge in [0.15, 0.2) is 5.16 Å². The first-order valence-electron chi connectivity index (χ1n) is 10.9. The number of aryl methyl sites for hydroxylation is 1. The van der Waals surface area contributed by atoms with Crippen LogP contribution in [0.5, 0.6) is 0 Å². The zero-order chi connectivity index (χ0) is 23.2. The quantitative estimate of drug-likeness (QED) is 0.307. The fourth-order valence-electron chi connectivity index (χ4n) is 4.01. The van der Waals surface area contributed by atoms with E-state index in [2.05, 4.69) is 9.97 Å². The Morgan fingerprint density at radius 3 is 2.79 bits per heavy atom. The first kappa shape index (κ1) is 22.9. The molecular weight excluding hydrogens is 436 g/mol. The van der Waals surface area contributed by atoms with E-state index in [1.165, 1.54) is 7.11 Å². The van der Waals surface area contributed by atoms with Gasteiger partial charge in [-0.2, -0.15) is 0 Å². The SMILES string of the molecule is COC(=O)c1cccc(C(=O)N2CCC[C@H](c3nc(SCc4ccccn4)ncc3C)C2)c1. The number of pyridine rings is 1. The smallest absolute Gasteiger partial charge is 0.337 e. The van der Waals surface area contributed by atoms with Crippen LogP contribution in [0.1, 0.15) is 56.4 Å². The molecule has 8 heteroatoms. The molecule has 1 aliphatic rings. The largest absolute Gasteiger partial charge is 0.465 e. The maximum absolute atomic E-state index is 13.2. The molecule has 1 saturated heterocycles. The average molecular weight is 463 g/mol. The van der Waals surface area contributed by atoms with Gasteiger partial charge < -0.3 is 9.64 Å². The minimum absolute atomic E-state index is 0.0816. The van der Waals surface area contributed by atoms with Gasteiger partial charge in [0.1, 0.15) is 0 Å². The summed E-state index contributed by atoms with van der Waals surface area (Å²) in [6, 6.07) is 12.6. The van der Waals surface area contributed by atoms with E-state index in [1.807, 2.05) is 36.2 Å². The van der Waals surface area contributed by atoms with Crippen LogP contribution in [0.2, 0.25) is 0 Å². The van der Waals surface area contributed by atoms with Crippen LogP contribution in [0, 0.1) is 6.92 Å². The second-order valence-electron chi connectivity index (χ2n) is 7.99. The average Bonchev–Trinajstić information content (AvgIpc) is 2.88. The van der Waals surface area contributed by atoms with Crippen LogP contribution in [-0.2, 0) is 10.5 Å². The molecule has 1 fully saturated rings. The number of rotatable bonds is 6. The normalized spacial score (nSPS) is 15.8. The first-order valence-corrected chi connectivity index (χ1v) is 11.9. The van der Waals surface area contributed by atoms with E-state index in [0.717, 1.165) is 34.9 Å².